The first-order valence-electron chi connectivity index (χ1n) is 11.6. The van der Waals surface area contributed by atoms with Gasteiger partial charge in [0, 0.05) is 34.1 Å². The minimum Gasteiger partial charge on any atom is -0.496 e. The van der Waals surface area contributed by atoms with Crippen LogP contribution in [0.3, 0.4) is 0 Å². The third-order valence-corrected chi connectivity index (χ3v) is 6.37. The van der Waals surface area contributed by atoms with Gasteiger partial charge >= 0.3 is 0 Å². The van der Waals surface area contributed by atoms with Crippen LogP contribution >= 0.6 is 11.6 Å². The molecular formula is C27H25ClN6O4. The number of ether oxygens (including phenoxy) is 3. The fraction of sp³-hybridized carbons (Fsp3) is 0.185. The number of pyridine rings is 1. The van der Waals surface area contributed by atoms with Crippen LogP contribution in [0.25, 0.3) is 11.4 Å². The van der Waals surface area contributed by atoms with Crippen molar-refractivity contribution < 1.29 is 19.0 Å². The zero-order chi connectivity index (χ0) is 26.8. The van der Waals surface area contributed by atoms with Gasteiger partial charge in [-0.3, -0.25) is 9.78 Å². The molecule has 1 aliphatic heterocycles. The number of rotatable bonds is 7. The lowest BCUT2D eigenvalue weighted by atomic mass is 9.93. The van der Waals surface area contributed by atoms with E-state index >= 15 is 0 Å². The standard InChI is InChI=1S/C27H25ClN6O4/c1-15-23(26(35)31-18-9-6-10-29-14-18)24(19-12-21(37-3)22(38-4)13-20(19)36-2)34-27(30-15)32-25(33-34)16-7-5-8-17(28)11-16/h5-14,24H,1-4H3,(H,31,35)(H,30,32,33). The van der Waals surface area contributed by atoms with E-state index in [-0.39, 0.29) is 5.91 Å². The molecule has 5 rings (SSSR count). The maximum atomic E-state index is 13.8. The lowest BCUT2D eigenvalue weighted by molar-refractivity contribution is -0.113. The number of anilines is 2. The zero-order valence-corrected chi connectivity index (χ0v) is 21.9. The average Bonchev–Trinajstić information content (AvgIpc) is 3.35. The van der Waals surface area contributed by atoms with Gasteiger partial charge in [0.2, 0.25) is 5.95 Å². The molecular weight excluding hydrogens is 508 g/mol. The molecule has 4 aromatic rings. The number of nitrogens with one attached hydrogen (secondary N) is 2. The molecule has 0 radical (unpaired) electrons. The van der Waals surface area contributed by atoms with Crippen molar-refractivity contribution in [1.29, 1.82) is 0 Å². The summed E-state index contributed by atoms with van der Waals surface area (Å²) in [6.07, 6.45) is 3.22. The monoisotopic (exact) mass is 532 g/mol. The molecule has 0 aliphatic carbocycles. The van der Waals surface area contributed by atoms with Crippen LogP contribution in [0.4, 0.5) is 11.6 Å². The summed E-state index contributed by atoms with van der Waals surface area (Å²) in [5, 5.41) is 11.5. The number of hydrogen-bond donors (Lipinski definition) is 2. The Morgan fingerprint density at radius 2 is 1.79 bits per heavy atom. The van der Waals surface area contributed by atoms with Gasteiger partial charge in [0.05, 0.1) is 38.8 Å². The first kappa shape index (κ1) is 25.1. The molecule has 1 aliphatic rings. The Morgan fingerprint density at radius 1 is 1.03 bits per heavy atom. The first-order chi connectivity index (χ1) is 18.4. The molecule has 194 valence electrons. The van der Waals surface area contributed by atoms with E-state index in [0.717, 1.165) is 5.56 Å². The highest BCUT2D eigenvalue weighted by Crippen LogP contribution is 2.44. The minimum absolute atomic E-state index is 0.338. The predicted molar refractivity (Wildman–Crippen MR) is 144 cm³/mol. The van der Waals surface area contributed by atoms with Crippen molar-refractivity contribution in [3.63, 3.8) is 0 Å². The van der Waals surface area contributed by atoms with Gasteiger partial charge in [0.25, 0.3) is 5.91 Å². The highest BCUT2D eigenvalue weighted by molar-refractivity contribution is 6.30. The van der Waals surface area contributed by atoms with Crippen LogP contribution in [0.5, 0.6) is 17.2 Å². The molecule has 0 spiro atoms. The number of fused-ring (bicyclic) bond motifs is 1. The van der Waals surface area contributed by atoms with E-state index in [1.165, 1.54) is 0 Å². The molecule has 1 unspecified atom stereocenters. The summed E-state index contributed by atoms with van der Waals surface area (Å²) in [4.78, 5) is 22.6. The first-order valence-corrected chi connectivity index (χ1v) is 12.0. The summed E-state index contributed by atoms with van der Waals surface area (Å²) in [5.74, 6) is 2.01. The number of hydrogen-bond acceptors (Lipinski definition) is 8. The van der Waals surface area contributed by atoms with Gasteiger partial charge in [-0.2, -0.15) is 4.98 Å². The quantitative estimate of drug-likeness (QED) is 0.344. The van der Waals surface area contributed by atoms with Gasteiger partial charge in [-0.15, -0.1) is 5.10 Å². The van der Waals surface area contributed by atoms with E-state index in [2.05, 4.69) is 15.6 Å². The normalized spacial score (nSPS) is 14.4. The van der Waals surface area contributed by atoms with Gasteiger partial charge in [-0.25, -0.2) is 4.68 Å². The Labute approximate surface area is 224 Å². The number of halogens is 1. The smallest absolute Gasteiger partial charge is 0.255 e. The third kappa shape index (κ3) is 4.61. The van der Waals surface area contributed by atoms with Crippen LogP contribution in [0.15, 0.2) is 72.2 Å². The Bertz CT molecular complexity index is 1540. The summed E-state index contributed by atoms with van der Waals surface area (Å²) < 4.78 is 18.5. The Kier molecular flexibility index (Phi) is 6.89. The van der Waals surface area contributed by atoms with Crippen LogP contribution in [-0.4, -0.2) is 47.0 Å². The fourth-order valence-corrected chi connectivity index (χ4v) is 4.57. The van der Waals surface area contributed by atoms with E-state index < -0.39 is 6.04 Å². The van der Waals surface area contributed by atoms with Crippen LogP contribution in [0.1, 0.15) is 18.5 Å². The third-order valence-electron chi connectivity index (χ3n) is 6.13. The van der Waals surface area contributed by atoms with Crippen LogP contribution in [-0.2, 0) is 4.79 Å². The average molecular weight is 533 g/mol. The molecule has 3 heterocycles. The molecule has 2 aromatic heterocycles. The van der Waals surface area contributed by atoms with Crippen molar-refractivity contribution in [3.8, 4) is 28.6 Å². The predicted octanol–water partition coefficient (Wildman–Crippen LogP) is 4.95. The maximum absolute atomic E-state index is 13.8. The van der Waals surface area contributed by atoms with E-state index in [0.29, 0.717) is 56.6 Å². The number of nitrogens with zero attached hydrogens (tertiary/aromatic N) is 4. The van der Waals surface area contributed by atoms with Crippen molar-refractivity contribution in [2.75, 3.05) is 32.0 Å². The Hall–Kier alpha value is -4.57. The lowest BCUT2D eigenvalue weighted by Crippen LogP contribution is -2.31. The summed E-state index contributed by atoms with van der Waals surface area (Å²) in [6, 6.07) is 13.6. The Balaban J connectivity index is 1.70. The molecule has 2 aromatic carbocycles. The van der Waals surface area contributed by atoms with Crippen LogP contribution in [0.2, 0.25) is 5.02 Å². The SMILES string of the molecule is COc1cc(OC)c(C2C(C(=O)Nc3cccnc3)=C(C)Nc3nc(-c4cccc(Cl)c4)nn32)cc1OC. The van der Waals surface area contributed by atoms with E-state index in [9.17, 15) is 4.79 Å². The van der Waals surface area contributed by atoms with Crippen molar-refractivity contribution in [2.45, 2.75) is 13.0 Å². The van der Waals surface area contributed by atoms with Gasteiger partial charge in [0.1, 0.15) is 11.8 Å². The van der Waals surface area contributed by atoms with Gasteiger partial charge in [-0.05, 0) is 37.3 Å². The van der Waals surface area contributed by atoms with Crippen LogP contribution in [0, 0.1) is 0 Å². The van der Waals surface area contributed by atoms with Crippen molar-refractivity contribution in [2.24, 2.45) is 0 Å². The molecule has 11 heteroatoms. The number of carbonyl (C=O) groups is 1. The second kappa shape index (κ2) is 10.4. The lowest BCUT2D eigenvalue weighted by Gasteiger charge is -2.30. The maximum Gasteiger partial charge on any atom is 0.255 e. The van der Waals surface area contributed by atoms with E-state index in [4.69, 9.17) is 35.9 Å². The van der Waals surface area contributed by atoms with Gasteiger partial charge < -0.3 is 24.8 Å². The van der Waals surface area contributed by atoms with Crippen molar-refractivity contribution >= 4 is 29.1 Å². The second-order valence-corrected chi connectivity index (χ2v) is 8.86. The molecule has 38 heavy (non-hydrogen) atoms. The van der Waals surface area contributed by atoms with E-state index in [1.54, 1.807) is 74.8 Å². The number of methoxy groups -OCH3 is 3. The molecule has 0 fully saturated rings. The number of allylic oxidation sites excluding steroid dienone is 1. The summed E-state index contributed by atoms with van der Waals surface area (Å²) in [7, 11) is 4.65. The van der Waals surface area contributed by atoms with Gasteiger partial charge in [0.15, 0.2) is 17.3 Å². The highest BCUT2D eigenvalue weighted by atomic mass is 35.5. The number of aromatic nitrogens is 4. The van der Waals surface area contributed by atoms with Crippen molar-refractivity contribution in [1.82, 2.24) is 19.7 Å². The van der Waals surface area contributed by atoms with Crippen LogP contribution < -0.4 is 24.8 Å². The Morgan fingerprint density at radius 3 is 2.47 bits per heavy atom. The minimum atomic E-state index is -0.724. The molecule has 1 amide bonds. The van der Waals surface area contributed by atoms with Crippen molar-refractivity contribution in [3.05, 3.63) is 82.8 Å². The largest absolute Gasteiger partial charge is 0.496 e. The molecule has 0 bridgehead atoms. The zero-order valence-electron chi connectivity index (χ0n) is 21.2. The van der Waals surface area contributed by atoms with E-state index in [1.807, 2.05) is 19.1 Å². The molecule has 10 nitrogen and oxygen atoms in total. The number of amides is 1. The molecule has 1 atom stereocenters. The summed E-state index contributed by atoms with van der Waals surface area (Å²) >= 11 is 6.23. The number of carbonyl (C=O) groups excluding carboxylic acids is 1. The molecule has 0 saturated heterocycles. The topological polar surface area (TPSA) is 112 Å². The fourth-order valence-electron chi connectivity index (χ4n) is 4.38. The van der Waals surface area contributed by atoms with Gasteiger partial charge in [-0.1, -0.05) is 23.7 Å². The molecule has 0 saturated carbocycles. The summed E-state index contributed by atoms with van der Waals surface area (Å²) in [6.45, 7) is 1.82. The second-order valence-electron chi connectivity index (χ2n) is 8.43. The number of benzene rings is 2. The molecule has 2 N–H and O–H groups in total. The highest BCUT2D eigenvalue weighted by Gasteiger charge is 2.37. The summed E-state index contributed by atoms with van der Waals surface area (Å²) in [5.41, 5.74) is 2.93.